The number of aliphatic hydroxyl groups is 1. The van der Waals surface area contributed by atoms with E-state index >= 15 is 0 Å². The van der Waals surface area contributed by atoms with Crippen molar-refractivity contribution < 1.29 is 10.2 Å². The third kappa shape index (κ3) is 3.89. The van der Waals surface area contributed by atoms with Crippen molar-refractivity contribution in [2.75, 3.05) is 6.54 Å². The Morgan fingerprint density at radius 1 is 1.53 bits per heavy atom. The number of hydrogen-bond donors (Lipinski definition) is 3. The van der Waals surface area contributed by atoms with Gasteiger partial charge in [-0.1, -0.05) is 15.9 Å². The van der Waals surface area contributed by atoms with Crippen LogP contribution in [0.5, 0.6) is 5.75 Å². The first-order chi connectivity index (χ1) is 6.99. The van der Waals surface area contributed by atoms with Gasteiger partial charge in [-0.05, 0) is 30.7 Å². The van der Waals surface area contributed by atoms with Crippen molar-refractivity contribution >= 4 is 21.8 Å². The highest BCUT2D eigenvalue weighted by Gasteiger charge is 2.08. The molecule has 0 fully saturated rings. The lowest BCUT2D eigenvalue weighted by Crippen LogP contribution is -2.09. The van der Waals surface area contributed by atoms with Crippen LogP contribution in [-0.4, -0.2) is 22.6 Å². The number of phenols is 1. The molecule has 1 atom stereocenters. The van der Waals surface area contributed by atoms with Crippen LogP contribution < -0.4 is 5.73 Å². The predicted molar refractivity (Wildman–Crippen MR) is 62.9 cm³/mol. The SMILES string of the molecule is CC(N)=NC[C@H](O)c1cc(O)cc([76Br])c1. The molecule has 0 amide bonds. The van der Waals surface area contributed by atoms with Crippen LogP contribution in [-0.2, 0) is 0 Å². The molecule has 0 unspecified atom stereocenters. The van der Waals surface area contributed by atoms with Crippen molar-refractivity contribution in [1.29, 1.82) is 0 Å². The van der Waals surface area contributed by atoms with Gasteiger partial charge in [0.1, 0.15) is 5.75 Å². The molecule has 0 spiro atoms. The fraction of sp³-hybridized carbons (Fsp3) is 0.300. The second kappa shape index (κ2) is 5.14. The molecule has 1 aromatic rings. The molecule has 4 nitrogen and oxygen atoms in total. The lowest BCUT2D eigenvalue weighted by Gasteiger charge is -2.09. The van der Waals surface area contributed by atoms with Crippen molar-refractivity contribution in [2.45, 2.75) is 13.0 Å². The number of aromatic hydroxyl groups is 1. The van der Waals surface area contributed by atoms with Crippen LogP contribution in [0.2, 0.25) is 0 Å². The van der Waals surface area contributed by atoms with Gasteiger partial charge in [-0.15, -0.1) is 0 Å². The van der Waals surface area contributed by atoms with Gasteiger partial charge in [0.15, 0.2) is 0 Å². The molecular formula is C10H13BrN2O2. The molecule has 0 aliphatic heterocycles. The predicted octanol–water partition coefficient (Wildman–Crippen LogP) is 1.57. The molecule has 0 aliphatic carbocycles. The minimum absolute atomic E-state index is 0.104. The Hall–Kier alpha value is -1.07. The van der Waals surface area contributed by atoms with Gasteiger partial charge in [0.05, 0.1) is 18.5 Å². The second-order valence-corrected chi connectivity index (χ2v) is 4.16. The molecule has 82 valence electrons. The zero-order valence-electron chi connectivity index (χ0n) is 8.31. The Morgan fingerprint density at radius 3 is 2.73 bits per heavy atom. The number of rotatable bonds is 3. The maximum atomic E-state index is 9.72. The molecule has 0 bridgehead atoms. The van der Waals surface area contributed by atoms with Crippen LogP contribution in [0, 0.1) is 0 Å². The fourth-order valence-corrected chi connectivity index (χ4v) is 1.62. The first kappa shape index (κ1) is 12.0. The average Bonchev–Trinajstić information content (AvgIpc) is 2.12. The van der Waals surface area contributed by atoms with E-state index in [1.165, 1.54) is 6.07 Å². The van der Waals surface area contributed by atoms with Gasteiger partial charge < -0.3 is 15.9 Å². The molecule has 0 saturated heterocycles. The van der Waals surface area contributed by atoms with Gasteiger partial charge >= 0.3 is 0 Å². The lowest BCUT2D eigenvalue weighted by molar-refractivity contribution is 0.187. The maximum absolute atomic E-state index is 9.72. The van der Waals surface area contributed by atoms with Crippen molar-refractivity contribution in [3.8, 4) is 5.75 Å². The number of nitrogens with two attached hydrogens (primary N) is 1. The molecule has 0 heterocycles. The number of aliphatic imine (C=N–C) groups is 1. The van der Waals surface area contributed by atoms with Gasteiger partial charge in [0, 0.05) is 4.47 Å². The van der Waals surface area contributed by atoms with Crippen molar-refractivity contribution in [3.05, 3.63) is 28.2 Å². The van der Waals surface area contributed by atoms with E-state index in [9.17, 15) is 10.2 Å². The molecule has 0 aromatic heterocycles. The minimum atomic E-state index is -0.758. The first-order valence-corrected chi connectivity index (χ1v) is 5.22. The van der Waals surface area contributed by atoms with E-state index in [1.54, 1.807) is 19.1 Å². The molecule has 5 heteroatoms. The summed E-state index contributed by atoms with van der Waals surface area (Å²) >= 11 is 3.23. The quantitative estimate of drug-likeness (QED) is 0.575. The largest absolute Gasteiger partial charge is 0.508 e. The van der Waals surface area contributed by atoms with E-state index in [1.807, 2.05) is 0 Å². The summed E-state index contributed by atoms with van der Waals surface area (Å²) in [6.07, 6.45) is -0.758. The number of benzene rings is 1. The highest BCUT2D eigenvalue weighted by atomic mass is 75.9. The highest BCUT2D eigenvalue weighted by molar-refractivity contribution is 9.10. The summed E-state index contributed by atoms with van der Waals surface area (Å²) in [5, 5.41) is 19.0. The molecule has 15 heavy (non-hydrogen) atoms. The van der Waals surface area contributed by atoms with Crippen molar-refractivity contribution in [1.82, 2.24) is 0 Å². The Balaban J connectivity index is 2.81. The average molecular weight is 269 g/mol. The molecule has 1 rings (SSSR count). The van der Waals surface area contributed by atoms with Gasteiger partial charge in [-0.2, -0.15) is 0 Å². The van der Waals surface area contributed by atoms with Crippen LogP contribution >= 0.6 is 15.9 Å². The zero-order chi connectivity index (χ0) is 11.4. The molecule has 1 aromatic carbocycles. The Kier molecular flexibility index (Phi) is 4.11. The van der Waals surface area contributed by atoms with E-state index < -0.39 is 6.10 Å². The summed E-state index contributed by atoms with van der Waals surface area (Å²) < 4.78 is 0.713. The van der Waals surface area contributed by atoms with E-state index in [4.69, 9.17) is 5.73 Å². The van der Waals surface area contributed by atoms with E-state index in [0.717, 1.165) is 0 Å². The van der Waals surface area contributed by atoms with Gasteiger partial charge in [0.2, 0.25) is 0 Å². The molecule has 0 saturated carbocycles. The number of amidine groups is 1. The number of halogens is 1. The number of nitrogens with zero attached hydrogens (tertiary/aromatic N) is 1. The van der Waals surface area contributed by atoms with Gasteiger partial charge in [-0.3, -0.25) is 4.99 Å². The van der Waals surface area contributed by atoms with Crippen molar-refractivity contribution in [3.63, 3.8) is 0 Å². The molecular weight excluding hydrogens is 256 g/mol. The number of aliphatic hydroxyl groups excluding tert-OH is 1. The Labute approximate surface area is 96.6 Å². The second-order valence-electron chi connectivity index (χ2n) is 3.24. The van der Waals surface area contributed by atoms with Crippen LogP contribution in [0.4, 0.5) is 0 Å². The maximum Gasteiger partial charge on any atom is 0.117 e. The summed E-state index contributed by atoms with van der Waals surface area (Å²) in [5.74, 6) is 0.528. The van der Waals surface area contributed by atoms with Crippen LogP contribution in [0.25, 0.3) is 0 Å². The van der Waals surface area contributed by atoms with Crippen molar-refractivity contribution in [2.24, 2.45) is 10.7 Å². The first-order valence-electron chi connectivity index (χ1n) is 4.43. The van der Waals surface area contributed by atoms with Crippen LogP contribution in [0.1, 0.15) is 18.6 Å². The third-order valence-corrected chi connectivity index (χ3v) is 2.26. The monoisotopic (exact) mass is 269 g/mol. The highest BCUT2D eigenvalue weighted by Crippen LogP contribution is 2.24. The molecule has 4 N–H and O–H groups in total. The summed E-state index contributed by atoms with van der Waals surface area (Å²) in [6.45, 7) is 1.85. The van der Waals surface area contributed by atoms with E-state index in [2.05, 4.69) is 20.9 Å². The molecule has 0 radical (unpaired) electrons. The summed E-state index contributed by atoms with van der Waals surface area (Å²) in [6, 6.07) is 4.77. The number of phenolic OH excluding ortho intramolecular Hbond substituents is 1. The summed E-state index contributed by atoms with van der Waals surface area (Å²) in [5.41, 5.74) is 5.96. The normalized spacial score (nSPS) is 13.9. The standard InChI is InChI=1S/C10H13BrN2O2/c1-6(12)13-5-10(15)7-2-8(11)4-9(14)3-7/h2-4,10,14-15H,5H2,1H3,(H2,12,13)/t10-/m0/s1/i11-4. The molecule has 0 aliphatic rings. The topological polar surface area (TPSA) is 78.8 Å². The van der Waals surface area contributed by atoms with E-state index in [-0.39, 0.29) is 12.3 Å². The lowest BCUT2D eigenvalue weighted by atomic mass is 10.1. The zero-order valence-corrected chi connectivity index (χ0v) is 9.90. The fourth-order valence-electron chi connectivity index (χ4n) is 1.12. The summed E-state index contributed by atoms with van der Waals surface area (Å²) in [7, 11) is 0. The Bertz CT molecular complexity index is 355. The van der Waals surface area contributed by atoms with E-state index in [0.29, 0.717) is 15.9 Å². The van der Waals surface area contributed by atoms with Crippen LogP contribution in [0.15, 0.2) is 27.7 Å². The van der Waals surface area contributed by atoms with Crippen LogP contribution in [0.3, 0.4) is 0 Å². The Morgan fingerprint density at radius 2 is 2.20 bits per heavy atom. The number of hydrogen-bond acceptors (Lipinski definition) is 3. The third-order valence-electron chi connectivity index (χ3n) is 1.80. The van der Waals surface area contributed by atoms with Gasteiger partial charge in [-0.25, -0.2) is 0 Å². The summed E-state index contributed by atoms with van der Waals surface area (Å²) in [4.78, 5) is 3.91. The van der Waals surface area contributed by atoms with Gasteiger partial charge in [0.25, 0.3) is 0 Å². The smallest absolute Gasteiger partial charge is 0.117 e. The minimum Gasteiger partial charge on any atom is -0.508 e.